The Morgan fingerprint density at radius 3 is 2.71 bits per heavy atom. The van der Waals surface area contributed by atoms with Crippen molar-refractivity contribution in [3.63, 3.8) is 0 Å². The molecule has 122 valence electrons. The minimum atomic E-state index is 0.200. The highest BCUT2D eigenvalue weighted by molar-refractivity contribution is 5.89. The molecule has 1 aliphatic carbocycles. The second-order valence-corrected chi connectivity index (χ2v) is 5.71. The number of allylic oxidation sites excluding steroid dienone is 1. The predicted molar refractivity (Wildman–Crippen MR) is 91.4 cm³/mol. The summed E-state index contributed by atoms with van der Waals surface area (Å²) in [7, 11) is 1.57. The molecule has 0 saturated heterocycles. The molecule has 0 N–H and O–H groups in total. The van der Waals surface area contributed by atoms with Crippen molar-refractivity contribution >= 4 is 11.6 Å². The van der Waals surface area contributed by atoms with Crippen LogP contribution in [0.1, 0.15) is 36.8 Å². The second-order valence-electron chi connectivity index (χ2n) is 5.71. The van der Waals surface area contributed by atoms with Crippen molar-refractivity contribution in [3.8, 4) is 17.7 Å². The number of nitrogens with zero attached hydrogens (tertiary/aromatic N) is 3. The lowest BCUT2D eigenvalue weighted by atomic mass is 10.1. The summed E-state index contributed by atoms with van der Waals surface area (Å²) in [6, 6.07) is 7.77. The Kier molecular flexibility index (Phi) is 5.07. The van der Waals surface area contributed by atoms with Crippen LogP contribution in [-0.2, 0) is 0 Å². The third-order valence-corrected chi connectivity index (χ3v) is 4.06. The molecule has 0 atom stereocenters. The first kappa shape index (κ1) is 16.0. The van der Waals surface area contributed by atoms with Gasteiger partial charge in [0.15, 0.2) is 5.75 Å². The average molecular weight is 321 g/mol. The molecule has 2 heterocycles. The Morgan fingerprint density at radius 1 is 1.29 bits per heavy atom. The van der Waals surface area contributed by atoms with E-state index in [0.29, 0.717) is 22.8 Å². The topological polar surface area (TPSA) is 68.0 Å². The van der Waals surface area contributed by atoms with Crippen molar-refractivity contribution in [2.45, 2.75) is 31.8 Å². The normalized spacial score (nSPS) is 15.1. The maximum absolute atomic E-state index is 9.51. The molecule has 0 aliphatic heterocycles. The van der Waals surface area contributed by atoms with E-state index >= 15 is 0 Å². The molecule has 5 nitrogen and oxygen atoms in total. The van der Waals surface area contributed by atoms with Crippen LogP contribution in [0.4, 0.5) is 0 Å². The molecular formula is C19H19N3O2. The van der Waals surface area contributed by atoms with Crippen molar-refractivity contribution in [2.75, 3.05) is 7.11 Å². The molecule has 24 heavy (non-hydrogen) atoms. The van der Waals surface area contributed by atoms with Gasteiger partial charge >= 0.3 is 0 Å². The summed E-state index contributed by atoms with van der Waals surface area (Å²) in [5.74, 6) is 1.05. The third kappa shape index (κ3) is 3.72. The molecular weight excluding hydrogens is 302 g/mol. The molecule has 2 aromatic heterocycles. The fraction of sp³-hybridized carbons (Fsp3) is 0.316. The standard InChI is InChI=1S/C19H19N3O2/c1-23-19-18(24-17-4-2-3-5-17)11-16(13-22-19)15(12-20)10-14-6-8-21-9-7-14/h6-11,13,17H,2-5H2,1H3/b15-10+. The summed E-state index contributed by atoms with van der Waals surface area (Å²) < 4.78 is 11.3. The highest BCUT2D eigenvalue weighted by atomic mass is 16.5. The van der Waals surface area contributed by atoms with Gasteiger partial charge < -0.3 is 9.47 Å². The molecule has 2 aromatic rings. The van der Waals surface area contributed by atoms with Crippen molar-refractivity contribution in [3.05, 3.63) is 47.9 Å². The van der Waals surface area contributed by atoms with Gasteiger partial charge in [0.25, 0.3) is 5.88 Å². The lowest BCUT2D eigenvalue weighted by molar-refractivity contribution is 0.198. The lowest BCUT2D eigenvalue weighted by Gasteiger charge is -2.15. The van der Waals surface area contributed by atoms with Crippen molar-refractivity contribution in [1.29, 1.82) is 5.26 Å². The van der Waals surface area contributed by atoms with Crippen molar-refractivity contribution in [1.82, 2.24) is 9.97 Å². The Hall–Kier alpha value is -2.87. The van der Waals surface area contributed by atoms with Gasteiger partial charge in [-0.15, -0.1) is 0 Å². The summed E-state index contributed by atoms with van der Waals surface area (Å²) in [5.41, 5.74) is 2.14. The Labute approximate surface area is 141 Å². The smallest absolute Gasteiger partial charge is 0.256 e. The Bertz CT molecular complexity index is 760. The van der Waals surface area contributed by atoms with Crippen molar-refractivity contribution in [2.24, 2.45) is 0 Å². The minimum absolute atomic E-state index is 0.200. The molecule has 3 rings (SSSR count). The number of rotatable bonds is 5. The summed E-state index contributed by atoms with van der Waals surface area (Å²) in [6.45, 7) is 0. The number of pyridine rings is 2. The monoisotopic (exact) mass is 321 g/mol. The van der Waals surface area contributed by atoms with Crippen LogP contribution in [0.3, 0.4) is 0 Å². The van der Waals surface area contributed by atoms with Crippen LogP contribution in [0, 0.1) is 11.3 Å². The molecule has 0 amide bonds. The number of methoxy groups -OCH3 is 1. The van der Waals surface area contributed by atoms with Crippen molar-refractivity contribution < 1.29 is 9.47 Å². The molecule has 0 radical (unpaired) electrons. The Balaban J connectivity index is 1.92. The van der Waals surface area contributed by atoms with E-state index in [1.807, 2.05) is 24.3 Å². The van der Waals surface area contributed by atoms with Crippen LogP contribution in [0.2, 0.25) is 0 Å². The quantitative estimate of drug-likeness (QED) is 0.782. The SMILES string of the molecule is COc1ncc(/C(C#N)=C/c2ccncc2)cc1OC1CCCC1. The Morgan fingerprint density at radius 2 is 2.04 bits per heavy atom. The maximum Gasteiger partial charge on any atom is 0.256 e. The van der Waals surface area contributed by atoms with E-state index in [2.05, 4.69) is 16.0 Å². The van der Waals surface area contributed by atoms with Gasteiger partial charge in [-0.05, 0) is 55.5 Å². The van der Waals surface area contributed by atoms with Crippen LogP contribution in [0.15, 0.2) is 36.8 Å². The van der Waals surface area contributed by atoms with Gasteiger partial charge in [0.1, 0.15) is 0 Å². The highest BCUT2D eigenvalue weighted by Gasteiger charge is 2.19. The number of aromatic nitrogens is 2. The molecule has 0 spiro atoms. The first-order chi connectivity index (χ1) is 11.8. The van der Waals surface area contributed by atoms with Gasteiger partial charge in [0.05, 0.1) is 24.9 Å². The zero-order valence-corrected chi connectivity index (χ0v) is 13.6. The van der Waals surface area contributed by atoms with Crippen LogP contribution >= 0.6 is 0 Å². The summed E-state index contributed by atoms with van der Waals surface area (Å²) in [4.78, 5) is 8.28. The van der Waals surface area contributed by atoms with E-state index in [1.165, 1.54) is 12.8 Å². The first-order valence-electron chi connectivity index (χ1n) is 8.03. The first-order valence-corrected chi connectivity index (χ1v) is 8.03. The van der Waals surface area contributed by atoms with Gasteiger partial charge in [-0.1, -0.05) is 0 Å². The molecule has 0 aromatic carbocycles. The van der Waals surface area contributed by atoms with Gasteiger partial charge in [-0.25, -0.2) is 4.98 Å². The van der Waals surface area contributed by atoms with E-state index < -0.39 is 0 Å². The fourth-order valence-electron chi connectivity index (χ4n) is 2.81. The minimum Gasteiger partial charge on any atom is -0.485 e. The number of hydrogen-bond donors (Lipinski definition) is 0. The molecule has 0 unspecified atom stereocenters. The summed E-state index contributed by atoms with van der Waals surface area (Å²) in [6.07, 6.45) is 11.5. The third-order valence-electron chi connectivity index (χ3n) is 4.06. The van der Waals surface area contributed by atoms with Gasteiger partial charge in [-0.2, -0.15) is 5.26 Å². The highest BCUT2D eigenvalue weighted by Crippen LogP contribution is 2.32. The van der Waals surface area contributed by atoms with E-state index in [0.717, 1.165) is 18.4 Å². The van der Waals surface area contributed by atoms with E-state index in [9.17, 15) is 5.26 Å². The van der Waals surface area contributed by atoms with Crippen LogP contribution in [0.5, 0.6) is 11.6 Å². The van der Waals surface area contributed by atoms with Gasteiger partial charge in [0.2, 0.25) is 0 Å². The summed E-state index contributed by atoms with van der Waals surface area (Å²) >= 11 is 0. The number of ether oxygens (including phenoxy) is 2. The number of nitriles is 1. The fourth-order valence-corrected chi connectivity index (χ4v) is 2.81. The van der Waals surface area contributed by atoms with E-state index in [4.69, 9.17) is 9.47 Å². The van der Waals surface area contributed by atoms with Crippen LogP contribution < -0.4 is 9.47 Å². The van der Waals surface area contributed by atoms with E-state index in [1.54, 1.807) is 25.7 Å². The molecule has 0 bridgehead atoms. The number of hydrogen-bond acceptors (Lipinski definition) is 5. The van der Waals surface area contributed by atoms with E-state index in [-0.39, 0.29) is 6.10 Å². The van der Waals surface area contributed by atoms with Crippen LogP contribution in [-0.4, -0.2) is 23.2 Å². The zero-order chi connectivity index (χ0) is 16.8. The predicted octanol–water partition coefficient (Wildman–Crippen LogP) is 3.87. The van der Waals surface area contributed by atoms with Crippen LogP contribution in [0.25, 0.3) is 11.6 Å². The summed E-state index contributed by atoms with van der Waals surface area (Å²) in [5, 5.41) is 9.51. The molecule has 1 aliphatic rings. The second kappa shape index (κ2) is 7.60. The average Bonchev–Trinajstić information content (AvgIpc) is 3.13. The molecule has 1 fully saturated rings. The lowest BCUT2D eigenvalue weighted by Crippen LogP contribution is -2.12. The largest absolute Gasteiger partial charge is 0.485 e. The maximum atomic E-state index is 9.51. The van der Waals surface area contributed by atoms with Gasteiger partial charge in [0, 0.05) is 24.2 Å². The molecule has 5 heteroatoms. The molecule has 1 saturated carbocycles. The van der Waals surface area contributed by atoms with Gasteiger partial charge in [-0.3, -0.25) is 4.98 Å². The zero-order valence-electron chi connectivity index (χ0n) is 13.6.